The average Bonchev–Trinajstić information content (AvgIpc) is 2.34. The van der Waals surface area contributed by atoms with Gasteiger partial charge in [-0.2, -0.15) is 0 Å². The van der Waals surface area contributed by atoms with Crippen molar-refractivity contribution in [3.8, 4) is 0 Å². The lowest BCUT2D eigenvalue weighted by Crippen LogP contribution is -2.28. The number of nitrogens with zero attached hydrogens (tertiary/aromatic N) is 3. The van der Waals surface area contributed by atoms with Crippen LogP contribution in [0.4, 0.5) is 0 Å². The first-order valence-electron chi connectivity index (χ1n) is 4.86. The Balaban J connectivity index is 2.63. The molecule has 0 saturated carbocycles. The van der Waals surface area contributed by atoms with E-state index in [-0.39, 0.29) is 5.91 Å². The molecule has 1 rings (SSSR count). The van der Waals surface area contributed by atoms with E-state index in [1.807, 2.05) is 0 Å². The minimum atomic E-state index is -0.152. The summed E-state index contributed by atoms with van der Waals surface area (Å²) in [7, 11) is 0. The Morgan fingerprint density at radius 3 is 2.69 bits per heavy atom. The highest BCUT2D eigenvalue weighted by molar-refractivity contribution is 5.94. The summed E-state index contributed by atoms with van der Waals surface area (Å²) < 4.78 is 0. The van der Waals surface area contributed by atoms with Gasteiger partial charge >= 0.3 is 0 Å². The topological polar surface area (TPSA) is 104 Å². The molecule has 0 spiro atoms. The van der Waals surface area contributed by atoms with Crippen molar-refractivity contribution in [1.29, 1.82) is 0 Å². The molecule has 6 nitrogen and oxygen atoms in total. The van der Waals surface area contributed by atoms with Crippen molar-refractivity contribution in [2.24, 2.45) is 10.8 Å². The maximum atomic E-state index is 11.5. The Morgan fingerprint density at radius 1 is 1.44 bits per heavy atom. The lowest BCUT2D eigenvalue weighted by molar-refractivity contribution is 0.0955. The molecule has 0 fully saturated rings. The second-order valence-electron chi connectivity index (χ2n) is 3.13. The van der Waals surface area contributed by atoms with Crippen molar-refractivity contribution in [1.82, 2.24) is 5.32 Å². The third-order valence-corrected chi connectivity index (χ3v) is 1.96. The zero-order valence-corrected chi connectivity index (χ0v) is 8.76. The highest BCUT2D eigenvalue weighted by Crippen LogP contribution is 2.05. The van der Waals surface area contributed by atoms with Crippen LogP contribution in [0.3, 0.4) is 0 Å². The number of amides is 1. The third kappa shape index (κ3) is 3.61. The van der Waals surface area contributed by atoms with Gasteiger partial charge in [-0.15, -0.1) is 0 Å². The molecule has 84 valence electrons. The minimum Gasteiger partial charge on any atom is -0.351 e. The van der Waals surface area contributed by atoms with Gasteiger partial charge in [0, 0.05) is 23.6 Å². The zero-order valence-electron chi connectivity index (χ0n) is 8.76. The molecule has 0 aliphatic heterocycles. The first-order chi connectivity index (χ1) is 7.77. The number of benzene rings is 1. The third-order valence-electron chi connectivity index (χ3n) is 1.96. The SMILES string of the molecule is [N-]=[N+]=NCc1ccc(C(=O)NCCN)cc1. The van der Waals surface area contributed by atoms with Crippen molar-refractivity contribution in [2.75, 3.05) is 13.1 Å². The monoisotopic (exact) mass is 219 g/mol. The smallest absolute Gasteiger partial charge is 0.251 e. The van der Waals surface area contributed by atoms with Gasteiger partial charge in [-0.3, -0.25) is 4.79 Å². The number of carbonyl (C=O) groups is 1. The molecular weight excluding hydrogens is 206 g/mol. The Labute approximate surface area is 93.1 Å². The molecule has 1 amide bonds. The van der Waals surface area contributed by atoms with Crippen LogP contribution in [0.25, 0.3) is 10.4 Å². The summed E-state index contributed by atoms with van der Waals surface area (Å²) in [4.78, 5) is 14.1. The van der Waals surface area contributed by atoms with Crippen LogP contribution in [0.2, 0.25) is 0 Å². The van der Waals surface area contributed by atoms with E-state index >= 15 is 0 Å². The summed E-state index contributed by atoms with van der Waals surface area (Å²) in [6, 6.07) is 6.89. The fourth-order valence-electron chi connectivity index (χ4n) is 1.16. The standard InChI is InChI=1S/C10H13N5O/c11-5-6-13-10(16)9-3-1-8(2-4-9)7-14-15-12/h1-4H,5-7,11H2,(H,13,16). The van der Waals surface area contributed by atoms with Crippen molar-refractivity contribution in [3.63, 3.8) is 0 Å². The van der Waals surface area contributed by atoms with Gasteiger partial charge in [0.05, 0.1) is 6.54 Å². The molecule has 0 atom stereocenters. The molecule has 1 aromatic rings. The van der Waals surface area contributed by atoms with Crippen molar-refractivity contribution in [2.45, 2.75) is 6.54 Å². The number of hydrogen-bond donors (Lipinski definition) is 2. The quantitative estimate of drug-likeness (QED) is 0.441. The summed E-state index contributed by atoms with van der Waals surface area (Å²) in [5.74, 6) is -0.152. The van der Waals surface area contributed by atoms with Gasteiger partial charge in [-0.05, 0) is 23.2 Å². The van der Waals surface area contributed by atoms with Crippen LogP contribution in [0.5, 0.6) is 0 Å². The van der Waals surface area contributed by atoms with Crippen LogP contribution in [0, 0.1) is 0 Å². The molecule has 0 aliphatic carbocycles. The van der Waals surface area contributed by atoms with Crippen LogP contribution >= 0.6 is 0 Å². The Hall–Kier alpha value is -2.04. The molecule has 0 aromatic heterocycles. The van der Waals surface area contributed by atoms with Gasteiger partial charge in [-0.25, -0.2) is 0 Å². The number of azide groups is 1. The van der Waals surface area contributed by atoms with Gasteiger partial charge in [0.25, 0.3) is 5.91 Å². The molecule has 0 radical (unpaired) electrons. The largest absolute Gasteiger partial charge is 0.351 e. The lowest BCUT2D eigenvalue weighted by Gasteiger charge is -2.03. The molecule has 16 heavy (non-hydrogen) atoms. The van der Waals surface area contributed by atoms with E-state index in [0.717, 1.165) is 5.56 Å². The van der Waals surface area contributed by atoms with Crippen molar-refractivity contribution < 1.29 is 4.79 Å². The molecule has 0 heterocycles. The van der Waals surface area contributed by atoms with Gasteiger partial charge in [-0.1, -0.05) is 17.2 Å². The summed E-state index contributed by atoms with van der Waals surface area (Å²) in [5, 5.41) is 6.09. The van der Waals surface area contributed by atoms with E-state index in [9.17, 15) is 4.79 Å². The van der Waals surface area contributed by atoms with E-state index in [1.165, 1.54) is 0 Å². The molecule has 1 aromatic carbocycles. The number of hydrogen-bond acceptors (Lipinski definition) is 3. The fourth-order valence-corrected chi connectivity index (χ4v) is 1.16. The number of carbonyl (C=O) groups excluding carboxylic acids is 1. The van der Waals surface area contributed by atoms with E-state index in [0.29, 0.717) is 25.2 Å². The normalized spacial score (nSPS) is 9.31. The van der Waals surface area contributed by atoms with E-state index in [4.69, 9.17) is 11.3 Å². The zero-order chi connectivity index (χ0) is 11.8. The molecule has 0 aliphatic rings. The first-order valence-corrected chi connectivity index (χ1v) is 4.86. The van der Waals surface area contributed by atoms with Crippen molar-refractivity contribution in [3.05, 3.63) is 45.8 Å². The van der Waals surface area contributed by atoms with Gasteiger partial charge in [0.1, 0.15) is 0 Å². The highest BCUT2D eigenvalue weighted by atomic mass is 16.1. The number of rotatable bonds is 5. The van der Waals surface area contributed by atoms with Gasteiger partial charge in [0.15, 0.2) is 0 Å². The molecular formula is C10H13N5O. The Kier molecular flexibility index (Phi) is 4.85. The van der Waals surface area contributed by atoms with E-state index < -0.39 is 0 Å². The predicted octanol–water partition coefficient (Wildman–Crippen LogP) is 1.19. The minimum absolute atomic E-state index is 0.152. The summed E-state index contributed by atoms with van der Waals surface area (Å²) in [6.45, 7) is 1.17. The molecule has 6 heteroatoms. The second-order valence-corrected chi connectivity index (χ2v) is 3.13. The van der Waals surface area contributed by atoms with E-state index in [1.54, 1.807) is 24.3 Å². The molecule has 0 saturated heterocycles. The van der Waals surface area contributed by atoms with E-state index in [2.05, 4.69) is 15.3 Å². The van der Waals surface area contributed by atoms with Crippen LogP contribution in [0.15, 0.2) is 29.4 Å². The molecule has 3 N–H and O–H groups in total. The highest BCUT2D eigenvalue weighted by Gasteiger charge is 2.03. The van der Waals surface area contributed by atoms with Crippen molar-refractivity contribution >= 4 is 5.91 Å². The predicted molar refractivity (Wildman–Crippen MR) is 60.7 cm³/mol. The first kappa shape index (κ1) is 12.0. The van der Waals surface area contributed by atoms with Crippen LogP contribution in [0.1, 0.15) is 15.9 Å². The Bertz CT molecular complexity index is 394. The number of nitrogens with two attached hydrogens (primary N) is 1. The fraction of sp³-hybridized carbons (Fsp3) is 0.300. The van der Waals surface area contributed by atoms with Gasteiger partial charge in [0.2, 0.25) is 0 Å². The lowest BCUT2D eigenvalue weighted by atomic mass is 10.1. The maximum absolute atomic E-state index is 11.5. The van der Waals surface area contributed by atoms with Crippen LogP contribution in [-0.2, 0) is 6.54 Å². The van der Waals surface area contributed by atoms with Gasteiger partial charge < -0.3 is 11.1 Å². The van der Waals surface area contributed by atoms with Crippen LogP contribution in [-0.4, -0.2) is 19.0 Å². The maximum Gasteiger partial charge on any atom is 0.251 e. The summed E-state index contributed by atoms with van der Waals surface area (Å²) in [5.41, 5.74) is 14.9. The molecule has 0 bridgehead atoms. The summed E-state index contributed by atoms with van der Waals surface area (Å²) >= 11 is 0. The molecule has 0 unspecified atom stereocenters. The number of nitrogens with one attached hydrogen (secondary N) is 1. The summed E-state index contributed by atoms with van der Waals surface area (Å²) in [6.07, 6.45) is 0. The Morgan fingerprint density at radius 2 is 2.12 bits per heavy atom. The second kappa shape index (κ2) is 6.44. The average molecular weight is 219 g/mol. The van der Waals surface area contributed by atoms with Crippen LogP contribution < -0.4 is 11.1 Å².